The molecule has 0 unspecified atom stereocenters. The summed E-state index contributed by atoms with van der Waals surface area (Å²) < 4.78 is 32.3. The number of rotatable bonds is 9. The average molecular weight is 420 g/mol. The predicted molar refractivity (Wildman–Crippen MR) is 108 cm³/mol. The summed E-state index contributed by atoms with van der Waals surface area (Å²) in [6.45, 7) is 5.28. The third-order valence-electron chi connectivity index (χ3n) is 4.45. The highest BCUT2D eigenvalue weighted by Gasteiger charge is 2.28. The van der Waals surface area contributed by atoms with Crippen LogP contribution in [0.2, 0.25) is 0 Å². The first kappa shape index (κ1) is 23.8. The fraction of sp³-hybridized carbons (Fsp3) is 0.611. The van der Waals surface area contributed by atoms with Crippen LogP contribution in [0, 0.1) is 6.92 Å². The van der Waals surface area contributed by atoms with Gasteiger partial charge in [-0.3, -0.25) is 4.79 Å². The molecule has 1 fully saturated rings. The van der Waals surface area contributed by atoms with E-state index in [0.29, 0.717) is 43.9 Å². The van der Waals surface area contributed by atoms with E-state index >= 15 is 0 Å². The maximum atomic E-state index is 12.9. The summed E-state index contributed by atoms with van der Waals surface area (Å²) in [4.78, 5) is 12.6. The van der Waals surface area contributed by atoms with Crippen LogP contribution in [0.15, 0.2) is 23.1 Å². The van der Waals surface area contributed by atoms with Crippen molar-refractivity contribution in [1.29, 1.82) is 0 Å². The molecule has 27 heavy (non-hydrogen) atoms. The number of nitrogens with one attached hydrogen (secondary N) is 2. The molecule has 0 aliphatic carbocycles. The second kappa shape index (κ2) is 11.6. The largest absolute Gasteiger partial charge is 0.383 e. The number of aryl methyl sites for hydroxylation is 1. The Balaban J connectivity index is 0.00000364. The molecular formula is C18H30ClN3O4S. The molecule has 1 aliphatic heterocycles. The lowest BCUT2D eigenvalue weighted by atomic mass is 10.1. The number of hydrogen-bond acceptors (Lipinski definition) is 5. The van der Waals surface area contributed by atoms with Gasteiger partial charge < -0.3 is 15.4 Å². The molecule has 0 saturated carbocycles. The van der Waals surface area contributed by atoms with E-state index < -0.39 is 10.0 Å². The standard InChI is InChI=1S/C18H29N3O4S.ClH/c1-15-6-7-16(18(22)20-9-8-19-10-13-25-2)14-17(15)26(23,24)21-11-4-3-5-12-21;/h6-7,14,19H,3-5,8-13H2,1-2H3,(H,20,22);1H. The molecule has 1 aromatic carbocycles. The van der Waals surface area contributed by atoms with Gasteiger partial charge in [-0.1, -0.05) is 12.5 Å². The maximum Gasteiger partial charge on any atom is 0.251 e. The minimum atomic E-state index is -3.56. The fourth-order valence-corrected chi connectivity index (χ4v) is 4.70. The van der Waals surface area contributed by atoms with Crippen molar-refractivity contribution in [2.75, 3.05) is 46.4 Å². The van der Waals surface area contributed by atoms with Crippen LogP contribution in [0.4, 0.5) is 0 Å². The van der Waals surface area contributed by atoms with Crippen LogP contribution in [-0.2, 0) is 14.8 Å². The van der Waals surface area contributed by atoms with Crippen LogP contribution in [0.5, 0.6) is 0 Å². The number of halogens is 1. The Kier molecular flexibility index (Phi) is 10.3. The molecule has 154 valence electrons. The number of carbonyl (C=O) groups excluding carboxylic acids is 1. The van der Waals surface area contributed by atoms with Gasteiger partial charge in [-0.2, -0.15) is 4.31 Å². The second-order valence-electron chi connectivity index (χ2n) is 6.44. The number of hydrogen-bond donors (Lipinski definition) is 2. The summed E-state index contributed by atoms with van der Waals surface area (Å²) in [5, 5.41) is 5.94. The Morgan fingerprint density at radius 2 is 1.85 bits per heavy atom. The number of carbonyl (C=O) groups is 1. The van der Waals surface area contributed by atoms with E-state index in [4.69, 9.17) is 4.74 Å². The van der Waals surface area contributed by atoms with Crippen LogP contribution in [0.3, 0.4) is 0 Å². The summed E-state index contributed by atoms with van der Waals surface area (Å²) in [6, 6.07) is 4.85. The first-order valence-corrected chi connectivity index (χ1v) is 10.5. The highest BCUT2D eigenvalue weighted by Crippen LogP contribution is 2.24. The summed E-state index contributed by atoms with van der Waals surface area (Å²) in [6.07, 6.45) is 2.83. The lowest BCUT2D eigenvalue weighted by Gasteiger charge is -2.26. The smallest absolute Gasteiger partial charge is 0.251 e. The molecule has 1 aliphatic rings. The Morgan fingerprint density at radius 1 is 1.15 bits per heavy atom. The van der Waals surface area contributed by atoms with Gasteiger partial charge in [0.2, 0.25) is 10.0 Å². The summed E-state index contributed by atoms with van der Waals surface area (Å²) in [5.41, 5.74) is 1.02. The van der Waals surface area contributed by atoms with Crippen molar-refractivity contribution < 1.29 is 17.9 Å². The SMILES string of the molecule is COCCNCCNC(=O)c1ccc(C)c(S(=O)(=O)N2CCCCC2)c1.Cl. The molecule has 9 heteroatoms. The summed E-state index contributed by atoms with van der Waals surface area (Å²) >= 11 is 0. The minimum Gasteiger partial charge on any atom is -0.383 e. The molecule has 1 aromatic rings. The van der Waals surface area contributed by atoms with Gasteiger partial charge in [0.15, 0.2) is 0 Å². The van der Waals surface area contributed by atoms with E-state index in [-0.39, 0.29) is 23.2 Å². The minimum absolute atomic E-state index is 0. The Morgan fingerprint density at radius 3 is 2.52 bits per heavy atom. The Bertz CT molecular complexity index is 707. The van der Waals surface area contributed by atoms with Crippen molar-refractivity contribution in [3.8, 4) is 0 Å². The molecule has 0 spiro atoms. The van der Waals surface area contributed by atoms with Crippen LogP contribution in [0.25, 0.3) is 0 Å². The predicted octanol–water partition coefficient (Wildman–Crippen LogP) is 1.56. The second-order valence-corrected chi connectivity index (χ2v) is 8.35. The molecule has 1 amide bonds. The number of amides is 1. The van der Waals surface area contributed by atoms with E-state index in [1.54, 1.807) is 26.2 Å². The summed E-state index contributed by atoms with van der Waals surface area (Å²) in [5.74, 6) is -0.270. The summed E-state index contributed by atoms with van der Waals surface area (Å²) in [7, 11) is -1.92. The fourth-order valence-electron chi connectivity index (χ4n) is 2.93. The third kappa shape index (κ3) is 6.73. The van der Waals surface area contributed by atoms with Gasteiger partial charge in [-0.25, -0.2) is 8.42 Å². The molecule has 1 heterocycles. The number of sulfonamides is 1. The zero-order valence-corrected chi connectivity index (χ0v) is 17.6. The number of methoxy groups -OCH3 is 1. The van der Waals surface area contributed by atoms with Gasteiger partial charge in [-0.15, -0.1) is 12.4 Å². The average Bonchev–Trinajstić information content (AvgIpc) is 2.65. The van der Waals surface area contributed by atoms with Crippen molar-refractivity contribution >= 4 is 28.3 Å². The lowest BCUT2D eigenvalue weighted by Crippen LogP contribution is -2.36. The van der Waals surface area contributed by atoms with Crippen molar-refractivity contribution in [2.45, 2.75) is 31.1 Å². The van der Waals surface area contributed by atoms with Crippen molar-refractivity contribution in [3.63, 3.8) is 0 Å². The van der Waals surface area contributed by atoms with Crippen LogP contribution in [0.1, 0.15) is 35.2 Å². The Labute approximate surface area is 168 Å². The lowest BCUT2D eigenvalue weighted by molar-refractivity contribution is 0.0953. The molecule has 2 N–H and O–H groups in total. The number of nitrogens with zero attached hydrogens (tertiary/aromatic N) is 1. The highest BCUT2D eigenvalue weighted by atomic mass is 35.5. The quantitative estimate of drug-likeness (QED) is 0.593. The molecule has 0 bridgehead atoms. The van der Waals surface area contributed by atoms with E-state index in [0.717, 1.165) is 25.8 Å². The number of ether oxygens (including phenoxy) is 1. The molecule has 0 radical (unpaired) electrons. The van der Waals surface area contributed by atoms with Gasteiger partial charge in [0, 0.05) is 45.4 Å². The molecule has 7 nitrogen and oxygen atoms in total. The van der Waals surface area contributed by atoms with E-state index in [9.17, 15) is 13.2 Å². The van der Waals surface area contributed by atoms with Gasteiger partial charge in [0.1, 0.15) is 0 Å². The van der Waals surface area contributed by atoms with Gasteiger partial charge in [-0.05, 0) is 37.5 Å². The van der Waals surface area contributed by atoms with Crippen LogP contribution in [-0.4, -0.2) is 65.1 Å². The first-order chi connectivity index (χ1) is 12.5. The molecule has 0 aromatic heterocycles. The van der Waals surface area contributed by atoms with Gasteiger partial charge >= 0.3 is 0 Å². The zero-order valence-electron chi connectivity index (χ0n) is 16.0. The topological polar surface area (TPSA) is 87.7 Å². The maximum absolute atomic E-state index is 12.9. The first-order valence-electron chi connectivity index (χ1n) is 9.05. The van der Waals surface area contributed by atoms with E-state index in [2.05, 4.69) is 10.6 Å². The molecule has 0 atom stereocenters. The van der Waals surface area contributed by atoms with E-state index in [1.807, 2.05) is 0 Å². The number of piperidine rings is 1. The van der Waals surface area contributed by atoms with Crippen LogP contribution < -0.4 is 10.6 Å². The van der Waals surface area contributed by atoms with E-state index in [1.165, 1.54) is 10.4 Å². The van der Waals surface area contributed by atoms with Crippen molar-refractivity contribution in [2.24, 2.45) is 0 Å². The number of benzene rings is 1. The van der Waals surface area contributed by atoms with Crippen molar-refractivity contribution in [1.82, 2.24) is 14.9 Å². The zero-order chi connectivity index (χ0) is 19.0. The molecule has 2 rings (SSSR count). The molecular weight excluding hydrogens is 390 g/mol. The Hall–Kier alpha value is -1.19. The monoisotopic (exact) mass is 419 g/mol. The van der Waals surface area contributed by atoms with Crippen LogP contribution >= 0.6 is 12.4 Å². The van der Waals surface area contributed by atoms with Gasteiger partial charge in [0.25, 0.3) is 5.91 Å². The molecule has 1 saturated heterocycles. The van der Waals surface area contributed by atoms with Gasteiger partial charge in [0.05, 0.1) is 11.5 Å². The normalized spacial score (nSPS) is 15.2. The third-order valence-corrected chi connectivity index (χ3v) is 6.49. The van der Waals surface area contributed by atoms with Crippen molar-refractivity contribution in [3.05, 3.63) is 29.3 Å². The highest BCUT2D eigenvalue weighted by molar-refractivity contribution is 7.89.